The minimum Gasteiger partial charge on any atom is -0.465 e. The van der Waals surface area contributed by atoms with Crippen LogP contribution in [0.3, 0.4) is 0 Å². The van der Waals surface area contributed by atoms with Crippen LogP contribution in [0.1, 0.15) is 32.6 Å². The van der Waals surface area contributed by atoms with Crippen molar-refractivity contribution in [2.45, 2.75) is 38.6 Å². The maximum Gasteiger partial charge on any atom is 0.323 e. The van der Waals surface area contributed by atoms with E-state index in [2.05, 4.69) is 5.32 Å². The van der Waals surface area contributed by atoms with Crippen LogP contribution in [0.4, 0.5) is 0 Å². The van der Waals surface area contributed by atoms with E-state index in [-0.39, 0.29) is 12.0 Å². The molecular formula is C12H19NO3. The Bertz CT molecular complexity index is 286. The molecule has 0 aromatic heterocycles. The van der Waals surface area contributed by atoms with Gasteiger partial charge in [0.05, 0.1) is 6.61 Å². The molecule has 2 fully saturated rings. The molecule has 1 aliphatic heterocycles. The van der Waals surface area contributed by atoms with Gasteiger partial charge in [-0.3, -0.25) is 9.59 Å². The van der Waals surface area contributed by atoms with Crippen LogP contribution in [0.2, 0.25) is 0 Å². The summed E-state index contributed by atoms with van der Waals surface area (Å²) in [6.45, 7) is 2.99. The Balaban J connectivity index is 1.74. The van der Waals surface area contributed by atoms with E-state index in [0.717, 1.165) is 25.8 Å². The highest BCUT2D eigenvalue weighted by molar-refractivity contribution is 5.83. The van der Waals surface area contributed by atoms with Crippen molar-refractivity contribution in [3.05, 3.63) is 0 Å². The van der Waals surface area contributed by atoms with Gasteiger partial charge in [0.15, 0.2) is 0 Å². The van der Waals surface area contributed by atoms with Crippen LogP contribution in [-0.4, -0.2) is 30.9 Å². The molecule has 0 unspecified atom stereocenters. The molecular weight excluding hydrogens is 206 g/mol. The van der Waals surface area contributed by atoms with Gasteiger partial charge >= 0.3 is 5.97 Å². The highest BCUT2D eigenvalue weighted by atomic mass is 16.5. The summed E-state index contributed by atoms with van der Waals surface area (Å²) >= 11 is 0. The van der Waals surface area contributed by atoms with Crippen LogP contribution in [0.25, 0.3) is 0 Å². The zero-order valence-corrected chi connectivity index (χ0v) is 9.70. The molecule has 1 aliphatic carbocycles. The molecule has 4 nitrogen and oxygen atoms in total. The summed E-state index contributed by atoms with van der Waals surface area (Å²) in [4.78, 5) is 23.1. The van der Waals surface area contributed by atoms with Gasteiger partial charge in [0.2, 0.25) is 0 Å². The molecule has 1 N–H and O–H groups in total. The van der Waals surface area contributed by atoms with E-state index in [9.17, 15) is 9.59 Å². The van der Waals surface area contributed by atoms with Crippen LogP contribution in [0.15, 0.2) is 0 Å². The lowest BCUT2D eigenvalue weighted by atomic mass is 9.97. The molecule has 90 valence electrons. The maximum atomic E-state index is 11.6. The lowest BCUT2D eigenvalue weighted by Crippen LogP contribution is -2.32. The molecule has 2 rings (SSSR count). The van der Waals surface area contributed by atoms with Crippen molar-refractivity contribution in [2.75, 3.05) is 13.2 Å². The Morgan fingerprint density at radius 1 is 1.38 bits per heavy atom. The normalized spacial score (nSPS) is 29.1. The molecule has 2 aliphatic rings. The number of carbonyl (C=O) groups excluding carboxylic acids is 2. The van der Waals surface area contributed by atoms with Gasteiger partial charge in [0.25, 0.3) is 0 Å². The summed E-state index contributed by atoms with van der Waals surface area (Å²) in [6, 6.07) is -0.197. The van der Waals surface area contributed by atoms with Crippen molar-refractivity contribution in [3.63, 3.8) is 0 Å². The van der Waals surface area contributed by atoms with Gasteiger partial charge in [-0.15, -0.1) is 0 Å². The molecule has 1 saturated heterocycles. The zero-order chi connectivity index (χ0) is 11.5. The number of esters is 1. The van der Waals surface area contributed by atoms with E-state index in [0.29, 0.717) is 30.6 Å². The van der Waals surface area contributed by atoms with Crippen molar-refractivity contribution >= 4 is 11.8 Å². The third-order valence-corrected chi connectivity index (χ3v) is 3.32. The molecule has 0 aromatic carbocycles. The number of carbonyl (C=O) groups is 2. The SMILES string of the molecule is CCOC(=O)[C@@H]1C[C@@H](CC(=O)C2CC2)CN1. The Hall–Kier alpha value is -0.900. The monoisotopic (exact) mass is 225 g/mol. The van der Waals surface area contributed by atoms with Crippen LogP contribution in [-0.2, 0) is 14.3 Å². The molecule has 1 saturated carbocycles. The second-order valence-electron chi connectivity index (χ2n) is 4.76. The standard InChI is InChI=1S/C12H19NO3/c1-2-16-12(15)10-5-8(7-13-10)6-11(14)9-3-4-9/h8-10,13H,2-7H2,1H3/t8-,10-/m0/s1. The van der Waals surface area contributed by atoms with E-state index in [4.69, 9.17) is 4.74 Å². The number of hydrogen-bond acceptors (Lipinski definition) is 4. The fraction of sp³-hybridized carbons (Fsp3) is 0.833. The minimum atomic E-state index is -0.197. The topological polar surface area (TPSA) is 55.4 Å². The van der Waals surface area contributed by atoms with Gasteiger partial charge in [-0.2, -0.15) is 0 Å². The fourth-order valence-electron chi connectivity index (χ4n) is 2.24. The lowest BCUT2D eigenvalue weighted by molar-refractivity contribution is -0.145. The lowest BCUT2D eigenvalue weighted by Gasteiger charge is -2.09. The third-order valence-electron chi connectivity index (χ3n) is 3.32. The first-order chi connectivity index (χ1) is 7.70. The van der Waals surface area contributed by atoms with E-state index >= 15 is 0 Å². The maximum absolute atomic E-state index is 11.6. The number of hydrogen-bond donors (Lipinski definition) is 1. The van der Waals surface area contributed by atoms with Gasteiger partial charge < -0.3 is 10.1 Å². The largest absolute Gasteiger partial charge is 0.465 e. The van der Waals surface area contributed by atoms with E-state index in [1.807, 2.05) is 0 Å². The Morgan fingerprint density at radius 2 is 2.12 bits per heavy atom. The minimum absolute atomic E-state index is 0.177. The molecule has 4 heteroatoms. The molecule has 2 atom stereocenters. The van der Waals surface area contributed by atoms with E-state index in [1.54, 1.807) is 6.92 Å². The van der Waals surface area contributed by atoms with Crippen molar-refractivity contribution in [1.29, 1.82) is 0 Å². The quantitative estimate of drug-likeness (QED) is 0.706. The van der Waals surface area contributed by atoms with Gasteiger partial charge in [-0.25, -0.2) is 0 Å². The van der Waals surface area contributed by atoms with Crippen LogP contribution >= 0.6 is 0 Å². The molecule has 0 radical (unpaired) electrons. The number of nitrogens with one attached hydrogen (secondary N) is 1. The molecule has 0 aromatic rings. The Kier molecular flexibility index (Phi) is 3.59. The smallest absolute Gasteiger partial charge is 0.323 e. The summed E-state index contributed by atoms with van der Waals surface area (Å²) in [7, 11) is 0. The van der Waals surface area contributed by atoms with Gasteiger partial charge in [-0.05, 0) is 38.6 Å². The summed E-state index contributed by atoms with van der Waals surface area (Å²) in [5, 5.41) is 3.13. The second kappa shape index (κ2) is 4.95. The Morgan fingerprint density at radius 3 is 2.75 bits per heavy atom. The van der Waals surface area contributed by atoms with E-state index in [1.165, 1.54) is 0 Å². The van der Waals surface area contributed by atoms with E-state index < -0.39 is 0 Å². The third kappa shape index (κ3) is 2.82. The molecule has 1 heterocycles. The first-order valence-corrected chi connectivity index (χ1v) is 6.13. The second-order valence-corrected chi connectivity index (χ2v) is 4.76. The average Bonchev–Trinajstić information content (AvgIpc) is 3.00. The highest BCUT2D eigenvalue weighted by Gasteiger charge is 2.35. The van der Waals surface area contributed by atoms with Crippen LogP contribution < -0.4 is 5.32 Å². The van der Waals surface area contributed by atoms with Crippen molar-refractivity contribution in [3.8, 4) is 0 Å². The fourth-order valence-corrected chi connectivity index (χ4v) is 2.24. The van der Waals surface area contributed by atoms with Crippen LogP contribution in [0, 0.1) is 11.8 Å². The first-order valence-electron chi connectivity index (χ1n) is 6.13. The molecule has 0 bridgehead atoms. The summed E-state index contributed by atoms with van der Waals surface area (Å²) in [5.41, 5.74) is 0. The predicted octanol–water partition coefficient (Wildman–Crippen LogP) is 0.897. The molecule has 0 spiro atoms. The number of ether oxygens (including phenoxy) is 1. The molecule has 0 amide bonds. The van der Waals surface area contributed by atoms with Crippen molar-refractivity contribution < 1.29 is 14.3 Å². The zero-order valence-electron chi connectivity index (χ0n) is 9.70. The van der Waals surface area contributed by atoms with Crippen molar-refractivity contribution in [1.82, 2.24) is 5.32 Å². The van der Waals surface area contributed by atoms with Crippen LogP contribution in [0.5, 0.6) is 0 Å². The number of rotatable bonds is 5. The molecule has 16 heavy (non-hydrogen) atoms. The highest BCUT2D eigenvalue weighted by Crippen LogP contribution is 2.33. The predicted molar refractivity (Wildman–Crippen MR) is 58.9 cm³/mol. The summed E-state index contributed by atoms with van der Waals surface area (Å²) in [5.74, 6) is 0.865. The van der Waals surface area contributed by atoms with Crippen molar-refractivity contribution in [2.24, 2.45) is 11.8 Å². The Labute approximate surface area is 95.7 Å². The first kappa shape index (κ1) is 11.6. The van der Waals surface area contributed by atoms with Gasteiger partial charge in [0, 0.05) is 12.3 Å². The number of ketones is 1. The van der Waals surface area contributed by atoms with Gasteiger partial charge in [-0.1, -0.05) is 0 Å². The van der Waals surface area contributed by atoms with Gasteiger partial charge in [0.1, 0.15) is 11.8 Å². The number of Topliss-reactive ketones (excluding diaryl/α,β-unsaturated/α-hetero) is 1. The summed E-state index contributed by atoms with van der Waals surface area (Å²) in [6.07, 6.45) is 3.52. The summed E-state index contributed by atoms with van der Waals surface area (Å²) < 4.78 is 4.95. The average molecular weight is 225 g/mol.